The van der Waals surface area contributed by atoms with Crippen LogP contribution in [-0.4, -0.2) is 14.8 Å². The minimum Gasteiger partial charge on any atom is -0.258 e. The van der Waals surface area contributed by atoms with Crippen LogP contribution in [0.1, 0.15) is 5.56 Å². The molecule has 0 saturated carbocycles. The van der Waals surface area contributed by atoms with Crippen LogP contribution in [0.15, 0.2) is 6.07 Å². The van der Waals surface area contributed by atoms with Crippen molar-refractivity contribution in [1.29, 1.82) is 0 Å². The number of non-ortho nitro benzene ring substituents is 1. The van der Waals surface area contributed by atoms with Crippen LogP contribution in [0.5, 0.6) is 0 Å². The van der Waals surface area contributed by atoms with Gasteiger partial charge in [-0.05, 0) is 6.92 Å². The molecule has 1 radical (unpaired) electrons. The molecule has 1 aromatic carbocycles. The number of benzene rings is 1. The SMILES string of the molecule is Cc1c([N+](=O)[O-])[c]c([N+](=O)[O-])cc1[N+](=O)[O-]. The van der Waals surface area contributed by atoms with Gasteiger partial charge in [0.15, 0.2) is 6.07 Å². The topological polar surface area (TPSA) is 129 Å². The summed E-state index contributed by atoms with van der Waals surface area (Å²) in [4.78, 5) is 28.6. The van der Waals surface area contributed by atoms with Crippen LogP contribution in [0, 0.1) is 43.3 Å². The fraction of sp³-hybridized carbons (Fsp3) is 0.143. The van der Waals surface area contributed by atoms with E-state index < -0.39 is 31.8 Å². The maximum atomic E-state index is 10.5. The van der Waals surface area contributed by atoms with Crippen LogP contribution < -0.4 is 0 Å². The molecule has 0 atom stereocenters. The third-order valence-corrected chi connectivity index (χ3v) is 1.84. The summed E-state index contributed by atoms with van der Waals surface area (Å²) in [7, 11) is 0. The molecule has 0 amide bonds. The first-order valence-electron chi connectivity index (χ1n) is 3.84. The van der Waals surface area contributed by atoms with Gasteiger partial charge in [0, 0.05) is 0 Å². The molecule has 16 heavy (non-hydrogen) atoms. The van der Waals surface area contributed by atoms with E-state index in [9.17, 15) is 30.3 Å². The Labute approximate surface area is 87.8 Å². The molecule has 0 bridgehead atoms. The number of rotatable bonds is 3. The van der Waals surface area contributed by atoms with E-state index in [1.54, 1.807) is 0 Å². The van der Waals surface area contributed by atoms with Crippen molar-refractivity contribution >= 4 is 17.1 Å². The van der Waals surface area contributed by atoms with Crippen molar-refractivity contribution in [2.45, 2.75) is 6.92 Å². The summed E-state index contributed by atoms with van der Waals surface area (Å²) in [5.74, 6) is 0. The maximum absolute atomic E-state index is 10.5. The third-order valence-electron chi connectivity index (χ3n) is 1.84. The van der Waals surface area contributed by atoms with Gasteiger partial charge in [0.2, 0.25) is 0 Å². The Kier molecular flexibility index (Phi) is 2.79. The van der Waals surface area contributed by atoms with Gasteiger partial charge >= 0.3 is 0 Å². The summed E-state index contributed by atoms with van der Waals surface area (Å²) in [6.45, 7) is 1.14. The van der Waals surface area contributed by atoms with Gasteiger partial charge in [-0.2, -0.15) is 0 Å². The van der Waals surface area contributed by atoms with E-state index >= 15 is 0 Å². The zero-order valence-electron chi connectivity index (χ0n) is 7.87. The Morgan fingerprint density at radius 1 is 1.06 bits per heavy atom. The summed E-state index contributed by atoms with van der Waals surface area (Å²) >= 11 is 0. The Hall–Kier alpha value is -2.58. The monoisotopic (exact) mass is 226 g/mol. The molecule has 0 aromatic heterocycles. The fourth-order valence-electron chi connectivity index (χ4n) is 1.08. The number of hydrogen-bond donors (Lipinski definition) is 0. The normalized spacial score (nSPS) is 9.81. The van der Waals surface area contributed by atoms with Crippen LogP contribution in [0.4, 0.5) is 17.1 Å². The van der Waals surface area contributed by atoms with Gasteiger partial charge in [0.25, 0.3) is 17.1 Å². The number of nitro benzene ring substituents is 3. The highest BCUT2D eigenvalue weighted by Gasteiger charge is 2.27. The first kappa shape index (κ1) is 11.5. The van der Waals surface area contributed by atoms with Gasteiger partial charge in [0.05, 0.1) is 20.8 Å². The third kappa shape index (κ3) is 1.92. The van der Waals surface area contributed by atoms with Crippen molar-refractivity contribution in [3.8, 4) is 0 Å². The van der Waals surface area contributed by atoms with Crippen molar-refractivity contribution in [2.75, 3.05) is 0 Å². The van der Waals surface area contributed by atoms with E-state index in [2.05, 4.69) is 0 Å². The predicted molar refractivity (Wildman–Crippen MR) is 50.0 cm³/mol. The lowest BCUT2D eigenvalue weighted by Crippen LogP contribution is -2.00. The van der Waals surface area contributed by atoms with E-state index in [-0.39, 0.29) is 5.56 Å². The van der Waals surface area contributed by atoms with E-state index in [0.717, 1.165) is 6.92 Å². The molecular formula is C7H4N3O6. The molecule has 0 heterocycles. The standard InChI is InChI=1S/C7H4N3O6/c1-4-6(9(13)14)2-5(8(11)12)3-7(4)10(15)16/h2H,1H3. The summed E-state index contributed by atoms with van der Waals surface area (Å²) in [6.07, 6.45) is 0. The van der Waals surface area contributed by atoms with Crippen molar-refractivity contribution in [1.82, 2.24) is 0 Å². The molecule has 0 fully saturated rings. The van der Waals surface area contributed by atoms with Crippen LogP contribution in [-0.2, 0) is 0 Å². The summed E-state index contributed by atoms with van der Waals surface area (Å²) < 4.78 is 0. The van der Waals surface area contributed by atoms with Crippen LogP contribution in [0.2, 0.25) is 0 Å². The first-order valence-corrected chi connectivity index (χ1v) is 3.84. The minimum absolute atomic E-state index is 0.263. The summed E-state index contributed by atoms with van der Waals surface area (Å²) in [5.41, 5.74) is -2.50. The second-order valence-electron chi connectivity index (χ2n) is 2.78. The molecule has 0 saturated heterocycles. The second-order valence-corrected chi connectivity index (χ2v) is 2.78. The van der Waals surface area contributed by atoms with Gasteiger partial charge in [0.1, 0.15) is 5.56 Å². The zero-order valence-corrected chi connectivity index (χ0v) is 7.87. The smallest absolute Gasteiger partial charge is 0.258 e. The lowest BCUT2D eigenvalue weighted by Gasteiger charge is -1.98. The van der Waals surface area contributed by atoms with Crippen molar-refractivity contribution in [2.24, 2.45) is 0 Å². The molecule has 9 nitrogen and oxygen atoms in total. The number of nitrogens with zero attached hydrogens (tertiary/aromatic N) is 3. The lowest BCUT2D eigenvalue weighted by atomic mass is 10.1. The highest BCUT2D eigenvalue weighted by atomic mass is 16.6. The molecule has 0 unspecified atom stereocenters. The molecule has 1 rings (SSSR count). The second kappa shape index (κ2) is 3.88. The van der Waals surface area contributed by atoms with Gasteiger partial charge in [-0.3, -0.25) is 30.3 Å². The first-order chi connectivity index (χ1) is 7.34. The Bertz CT molecular complexity index is 462. The predicted octanol–water partition coefficient (Wildman–Crippen LogP) is 1.52. The molecule has 0 aliphatic heterocycles. The Morgan fingerprint density at radius 2 is 1.62 bits per heavy atom. The largest absolute Gasteiger partial charge is 0.294 e. The minimum atomic E-state index is -0.973. The average molecular weight is 226 g/mol. The highest BCUT2D eigenvalue weighted by Crippen LogP contribution is 2.31. The van der Waals surface area contributed by atoms with Gasteiger partial charge in [-0.15, -0.1) is 0 Å². The molecular weight excluding hydrogens is 222 g/mol. The average Bonchev–Trinajstić information content (AvgIpc) is 2.16. The van der Waals surface area contributed by atoms with Crippen LogP contribution in [0.3, 0.4) is 0 Å². The van der Waals surface area contributed by atoms with Crippen molar-refractivity contribution in [3.63, 3.8) is 0 Å². The molecule has 0 spiro atoms. The Balaban J connectivity index is 3.57. The van der Waals surface area contributed by atoms with Crippen molar-refractivity contribution < 1.29 is 14.8 Å². The summed E-state index contributed by atoms with van der Waals surface area (Å²) in [5, 5.41) is 31.4. The zero-order chi connectivity index (χ0) is 12.5. The molecule has 1 aromatic rings. The number of hydrogen-bond acceptors (Lipinski definition) is 6. The van der Waals surface area contributed by atoms with Gasteiger partial charge in [-0.1, -0.05) is 0 Å². The van der Waals surface area contributed by atoms with Crippen LogP contribution >= 0.6 is 0 Å². The van der Waals surface area contributed by atoms with E-state index in [0.29, 0.717) is 6.07 Å². The fourth-order valence-corrected chi connectivity index (χ4v) is 1.08. The molecule has 83 valence electrons. The van der Waals surface area contributed by atoms with E-state index in [1.165, 1.54) is 0 Å². The lowest BCUT2D eigenvalue weighted by molar-refractivity contribution is -0.404. The summed E-state index contributed by atoms with van der Waals surface area (Å²) in [6, 6.07) is 2.55. The Morgan fingerprint density at radius 3 is 2.00 bits per heavy atom. The van der Waals surface area contributed by atoms with Gasteiger partial charge < -0.3 is 0 Å². The van der Waals surface area contributed by atoms with E-state index in [1.807, 2.05) is 6.07 Å². The molecule has 0 N–H and O–H groups in total. The quantitative estimate of drug-likeness (QED) is 0.567. The highest BCUT2D eigenvalue weighted by molar-refractivity contribution is 5.58. The van der Waals surface area contributed by atoms with Gasteiger partial charge in [-0.25, -0.2) is 0 Å². The molecule has 9 heteroatoms. The van der Waals surface area contributed by atoms with Crippen molar-refractivity contribution in [3.05, 3.63) is 48.0 Å². The van der Waals surface area contributed by atoms with E-state index in [4.69, 9.17) is 0 Å². The molecule has 0 aliphatic carbocycles. The maximum Gasteiger partial charge on any atom is 0.294 e. The molecule has 0 aliphatic rings. The number of nitro groups is 3. The van der Waals surface area contributed by atoms with Crippen LogP contribution in [0.25, 0.3) is 0 Å².